The number of halogens is 1. The molecule has 0 saturated heterocycles. The third kappa shape index (κ3) is 5.11. The van der Waals surface area contributed by atoms with Gasteiger partial charge in [0.25, 0.3) is 10.1 Å². The van der Waals surface area contributed by atoms with Crippen LogP contribution in [0.4, 0.5) is 0 Å². The average molecular weight is 321 g/mol. The largest absolute Gasteiger partial charge is 0.459 e. The summed E-state index contributed by atoms with van der Waals surface area (Å²) >= 11 is 5.61. The number of alkyl halides is 1. The monoisotopic (exact) mass is 320 g/mol. The van der Waals surface area contributed by atoms with E-state index in [1.807, 2.05) is 6.92 Å². The molecule has 0 aliphatic heterocycles. The Balaban J connectivity index is 2.66. The van der Waals surface area contributed by atoms with E-state index < -0.39 is 22.2 Å². The zero-order valence-electron chi connectivity index (χ0n) is 11.3. The van der Waals surface area contributed by atoms with E-state index in [2.05, 4.69) is 0 Å². The molecule has 0 aliphatic carbocycles. The maximum atomic E-state index is 11.9. The van der Waals surface area contributed by atoms with Crippen molar-refractivity contribution >= 4 is 27.7 Å². The molecule has 0 N–H and O–H groups in total. The van der Waals surface area contributed by atoms with E-state index in [0.717, 1.165) is 5.56 Å². The van der Waals surface area contributed by atoms with Crippen LogP contribution in [0.5, 0.6) is 0 Å². The highest BCUT2D eigenvalue weighted by Crippen LogP contribution is 2.14. The molecule has 0 aliphatic rings. The molecule has 1 rings (SSSR count). The summed E-state index contributed by atoms with van der Waals surface area (Å²) in [5.74, 6) is -0.484. The van der Waals surface area contributed by atoms with Crippen molar-refractivity contribution in [3.8, 4) is 0 Å². The fourth-order valence-corrected chi connectivity index (χ4v) is 2.41. The smallest absolute Gasteiger partial charge is 0.305 e. The van der Waals surface area contributed by atoms with Crippen molar-refractivity contribution in [2.24, 2.45) is 0 Å². The minimum Gasteiger partial charge on any atom is -0.459 e. The van der Waals surface area contributed by atoms with E-state index >= 15 is 0 Å². The number of hydrogen-bond donors (Lipinski definition) is 0. The Labute approximate surface area is 124 Å². The van der Waals surface area contributed by atoms with E-state index in [1.165, 1.54) is 12.1 Å². The molecule has 1 atom stereocenters. The second kappa shape index (κ2) is 7.61. The molecule has 0 amide bonds. The van der Waals surface area contributed by atoms with Gasteiger partial charge in [-0.15, -0.1) is 11.6 Å². The van der Waals surface area contributed by atoms with Crippen LogP contribution in [0.15, 0.2) is 29.2 Å². The van der Waals surface area contributed by atoms with E-state index in [1.54, 1.807) is 19.1 Å². The van der Waals surface area contributed by atoms with Crippen LogP contribution in [0.1, 0.15) is 18.9 Å². The van der Waals surface area contributed by atoms with Gasteiger partial charge in [0.05, 0.1) is 10.8 Å². The molecule has 0 fully saturated rings. The highest BCUT2D eigenvalue weighted by atomic mass is 35.5. The van der Waals surface area contributed by atoms with E-state index in [0.29, 0.717) is 0 Å². The molecule has 1 aromatic carbocycles. The van der Waals surface area contributed by atoms with Gasteiger partial charge in [-0.05, 0) is 19.1 Å². The SMILES string of the molecule is CCC(=O)O[C@@H](CCl)COS(=O)(=O)c1ccc(C)cc1. The molecular formula is C13H17ClO5S. The molecule has 0 bridgehead atoms. The number of ether oxygens (including phenoxy) is 1. The zero-order chi connectivity index (χ0) is 15.2. The Morgan fingerprint density at radius 3 is 2.40 bits per heavy atom. The first-order chi connectivity index (χ1) is 9.39. The van der Waals surface area contributed by atoms with Crippen molar-refractivity contribution in [1.82, 2.24) is 0 Å². The maximum absolute atomic E-state index is 11.9. The summed E-state index contributed by atoms with van der Waals surface area (Å²) in [7, 11) is -3.87. The Morgan fingerprint density at radius 1 is 1.30 bits per heavy atom. The van der Waals surface area contributed by atoms with Crippen molar-refractivity contribution in [2.75, 3.05) is 12.5 Å². The zero-order valence-corrected chi connectivity index (χ0v) is 12.9. The van der Waals surface area contributed by atoms with Gasteiger partial charge in [-0.1, -0.05) is 24.6 Å². The third-order valence-corrected chi connectivity index (χ3v) is 4.12. The molecule has 0 aromatic heterocycles. The molecule has 0 unspecified atom stereocenters. The van der Waals surface area contributed by atoms with Gasteiger partial charge in [0.15, 0.2) is 0 Å². The van der Waals surface area contributed by atoms with Gasteiger partial charge in [0.2, 0.25) is 0 Å². The van der Waals surface area contributed by atoms with Gasteiger partial charge in [-0.25, -0.2) is 0 Å². The summed E-state index contributed by atoms with van der Waals surface area (Å²) in [5, 5.41) is 0. The lowest BCUT2D eigenvalue weighted by Gasteiger charge is -2.15. The van der Waals surface area contributed by atoms with Gasteiger partial charge >= 0.3 is 5.97 Å². The second-order valence-electron chi connectivity index (χ2n) is 4.17. The van der Waals surface area contributed by atoms with Crippen LogP contribution in [-0.2, 0) is 23.8 Å². The highest BCUT2D eigenvalue weighted by Gasteiger charge is 2.20. The van der Waals surface area contributed by atoms with E-state index in [-0.39, 0.29) is 23.8 Å². The third-order valence-electron chi connectivity index (χ3n) is 2.48. The van der Waals surface area contributed by atoms with Crippen LogP contribution < -0.4 is 0 Å². The summed E-state index contributed by atoms with van der Waals surface area (Å²) in [5.41, 5.74) is 0.944. The molecule has 0 spiro atoms. The summed E-state index contributed by atoms with van der Waals surface area (Å²) < 4.78 is 33.6. The number of carbonyl (C=O) groups excluding carboxylic acids is 1. The fourth-order valence-electron chi connectivity index (χ4n) is 1.32. The van der Waals surface area contributed by atoms with Crippen LogP contribution in [0, 0.1) is 6.92 Å². The van der Waals surface area contributed by atoms with Gasteiger partial charge in [-0.2, -0.15) is 8.42 Å². The average Bonchev–Trinajstić information content (AvgIpc) is 2.43. The van der Waals surface area contributed by atoms with Gasteiger partial charge in [0, 0.05) is 6.42 Å². The Hall–Kier alpha value is -1.11. The van der Waals surface area contributed by atoms with Crippen LogP contribution >= 0.6 is 11.6 Å². The number of hydrogen-bond acceptors (Lipinski definition) is 5. The molecular weight excluding hydrogens is 304 g/mol. The first-order valence-electron chi connectivity index (χ1n) is 6.10. The van der Waals surface area contributed by atoms with Crippen molar-refractivity contribution in [1.29, 1.82) is 0 Å². The topological polar surface area (TPSA) is 69.7 Å². The molecule has 5 nitrogen and oxygen atoms in total. The number of rotatable bonds is 7. The lowest BCUT2D eigenvalue weighted by molar-refractivity contribution is -0.148. The maximum Gasteiger partial charge on any atom is 0.305 e. The summed E-state index contributed by atoms with van der Waals surface area (Å²) in [6, 6.07) is 6.26. The van der Waals surface area contributed by atoms with E-state index in [9.17, 15) is 13.2 Å². The number of carbonyl (C=O) groups is 1. The van der Waals surface area contributed by atoms with Crippen LogP contribution in [0.25, 0.3) is 0 Å². The minimum atomic E-state index is -3.87. The summed E-state index contributed by atoms with van der Waals surface area (Å²) in [6.45, 7) is 3.19. The summed E-state index contributed by atoms with van der Waals surface area (Å²) in [4.78, 5) is 11.2. The lowest BCUT2D eigenvalue weighted by atomic mass is 10.2. The Bertz CT molecular complexity index is 538. The standard InChI is InChI=1S/C13H17ClO5S/c1-3-13(15)19-11(8-14)9-18-20(16,17)12-6-4-10(2)5-7-12/h4-7,11H,3,8-9H2,1-2H3/t11-/m0/s1. The summed E-state index contributed by atoms with van der Waals surface area (Å²) in [6.07, 6.45) is -0.595. The van der Waals surface area contributed by atoms with E-state index in [4.69, 9.17) is 20.5 Å². The molecule has 1 aromatic rings. The molecule has 112 valence electrons. The molecule has 20 heavy (non-hydrogen) atoms. The van der Waals surface area contributed by atoms with Crippen molar-refractivity contribution in [3.05, 3.63) is 29.8 Å². The number of benzene rings is 1. The lowest BCUT2D eigenvalue weighted by Crippen LogP contribution is -2.26. The molecule has 0 saturated carbocycles. The Morgan fingerprint density at radius 2 is 1.90 bits per heavy atom. The predicted molar refractivity (Wildman–Crippen MR) is 75.2 cm³/mol. The first kappa shape index (κ1) is 16.9. The van der Waals surface area contributed by atoms with Crippen molar-refractivity contribution in [2.45, 2.75) is 31.3 Å². The van der Waals surface area contributed by atoms with Crippen LogP contribution in [0.3, 0.4) is 0 Å². The van der Waals surface area contributed by atoms with Crippen molar-refractivity contribution in [3.63, 3.8) is 0 Å². The van der Waals surface area contributed by atoms with Gasteiger partial charge in [-0.3, -0.25) is 8.98 Å². The van der Waals surface area contributed by atoms with Gasteiger partial charge < -0.3 is 4.74 Å². The molecule has 0 heterocycles. The van der Waals surface area contributed by atoms with Gasteiger partial charge in [0.1, 0.15) is 12.7 Å². The van der Waals surface area contributed by atoms with Crippen molar-refractivity contribution < 1.29 is 22.1 Å². The molecule has 7 heteroatoms. The van der Waals surface area contributed by atoms with Crippen LogP contribution in [-0.4, -0.2) is 33.0 Å². The molecule has 0 radical (unpaired) electrons. The number of aryl methyl sites for hydroxylation is 1. The highest BCUT2D eigenvalue weighted by molar-refractivity contribution is 7.86. The fraction of sp³-hybridized carbons (Fsp3) is 0.462. The first-order valence-corrected chi connectivity index (χ1v) is 8.05. The predicted octanol–water partition coefficient (Wildman–Crippen LogP) is 2.26. The van der Waals surface area contributed by atoms with Crippen LogP contribution in [0.2, 0.25) is 0 Å². The normalized spacial score (nSPS) is 12.9. The quantitative estimate of drug-likeness (QED) is 0.438. The Kier molecular flexibility index (Phi) is 6.45. The number of esters is 1. The second-order valence-corrected chi connectivity index (χ2v) is 6.10. The minimum absolute atomic E-state index is 0.0326.